The molecule has 5 rings (SSSR count). The van der Waals surface area contributed by atoms with E-state index in [0.29, 0.717) is 23.5 Å². The second-order valence-electron chi connectivity index (χ2n) is 6.95. The zero-order valence-corrected chi connectivity index (χ0v) is 15.1. The molecule has 1 amide bonds. The number of benzene rings is 2. The van der Waals surface area contributed by atoms with Gasteiger partial charge < -0.3 is 10.2 Å². The molecular formula is C21H15F2N3O3. The molecule has 2 aliphatic heterocycles. The highest BCUT2D eigenvalue weighted by atomic mass is 19.3. The molecule has 0 saturated carbocycles. The number of rotatable bonds is 4. The van der Waals surface area contributed by atoms with Gasteiger partial charge in [-0.2, -0.15) is 8.78 Å². The molecule has 2 aliphatic rings. The lowest BCUT2D eigenvalue weighted by atomic mass is 10.0. The van der Waals surface area contributed by atoms with Crippen molar-refractivity contribution in [1.82, 2.24) is 10.3 Å². The number of aromatic nitrogens is 1. The molecule has 0 aliphatic carbocycles. The third-order valence-electron chi connectivity index (χ3n) is 4.97. The minimum absolute atomic E-state index is 0.107. The lowest BCUT2D eigenvalue weighted by Crippen LogP contribution is -2.23. The average Bonchev–Trinajstić information content (AvgIpc) is 3.05. The molecule has 1 aromatic heterocycles. The number of carbonyl (C=O) groups is 1. The Balaban J connectivity index is 1.22. The number of oxime groups is 1. The Morgan fingerprint density at radius 2 is 1.83 bits per heavy atom. The van der Waals surface area contributed by atoms with E-state index < -0.39 is 11.9 Å². The molecule has 146 valence electrons. The standard InChI is InChI=1S/C21H15F2N3O3/c22-21(23)20(28-21)11-18(26-29-20)15-7-5-13(6-8-15)12-24-19(27)17-10-9-14-3-1-2-4-16(14)25-17/h1-10H,11-12H2,(H,24,27). The van der Waals surface area contributed by atoms with Crippen molar-refractivity contribution < 1.29 is 23.1 Å². The van der Waals surface area contributed by atoms with E-state index >= 15 is 0 Å². The van der Waals surface area contributed by atoms with Crippen LogP contribution in [0.25, 0.3) is 10.9 Å². The largest absolute Gasteiger partial charge is 0.427 e. The Hall–Kier alpha value is -3.39. The summed E-state index contributed by atoms with van der Waals surface area (Å²) in [6.45, 7) is 0.307. The molecule has 3 aromatic rings. The molecule has 0 radical (unpaired) electrons. The fourth-order valence-corrected chi connectivity index (χ4v) is 3.24. The summed E-state index contributed by atoms with van der Waals surface area (Å²) in [6.07, 6.45) is -3.40. The minimum atomic E-state index is -3.29. The predicted octanol–water partition coefficient (Wildman–Crippen LogP) is 3.61. The molecule has 3 heterocycles. The monoisotopic (exact) mass is 395 g/mol. The topological polar surface area (TPSA) is 76.1 Å². The Bertz CT molecular complexity index is 1150. The highest BCUT2D eigenvalue weighted by molar-refractivity contribution is 6.02. The fourth-order valence-electron chi connectivity index (χ4n) is 3.24. The van der Waals surface area contributed by atoms with Gasteiger partial charge in [-0.1, -0.05) is 53.7 Å². The van der Waals surface area contributed by atoms with Gasteiger partial charge in [-0.3, -0.25) is 9.53 Å². The summed E-state index contributed by atoms with van der Waals surface area (Å²) >= 11 is 0. The summed E-state index contributed by atoms with van der Waals surface area (Å²) in [4.78, 5) is 21.5. The van der Waals surface area contributed by atoms with Crippen LogP contribution in [0.15, 0.2) is 65.8 Å². The first-order chi connectivity index (χ1) is 14.0. The lowest BCUT2D eigenvalue weighted by molar-refractivity contribution is -0.0370. The molecular weight excluding hydrogens is 380 g/mol. The maximum absolute atomic E-state index is 13.2. The zero-order valence-electron chi connectivity index (χ0n) is 15.1. The zero-order chi connectivity index (χ0) is 20.1. The SMILES string of the molecule is O=C(NCc1ccc(C2=NOC3(C2)OC3(F)F)cc1)c1ccc2ccccc2n1. The van der Waals surface area contributed by atoms with Crippen molar-refractivity contribution in [2.75, 3.05) is 0 Å². The van der Waals surface area contributed by atoms with Crippen LogP contribution >= 0.6 is 0 Å². The Kier molecular flexibility index (Phi) is 3.85. The van der Waals surface area contributed by atoms with E-state index in [4.69, 9.17) is 4.84 Å². The quantitative estimate of drug-likeness (QED) is 0.685. The van der Waals surface area contributed by atoms with Crippen LogP contribution in [0.5, 0.6) is 0 Å². The third kappa shape index (κ3) is 3.11. The first-order valence-electron chi connectivity index (χ1n) is 9.02. The van der Waals surface area contributed by atoms with Gasteiger partial charge in [0.1, 0.15) is 5.69 Å². The van der Waals surface area contributed by atoms with E-state index in [1.165, 1.54) is 0 Å². The Morgan fingerprint density at radius 3 is 2.55 bits per heavy atom. The number of amides is 1. The highest BCUT2D eigenvalue weighted by Gasteiger charge is 2.80. The van der Waals surface area contributed by atoms with E-state index in [2.05, 4.69) is 20.2 Å². The van der Waals surface area contributed by atoms with Crippen molar-refractivity contribution in [3.63, 3.8) is 0 Å². The normalized spacial score (nSPS) is 21.7. The first-order valence-corrected chi connectivity index (χ1v) is 9.02. The van der Waals surface area contributed by atoms with Crippen LogP contribution in [0.1, 0.15) is 28.0 Å². The van der Waals surface area contributed by atoms with Gasteiger partial charge in [-0.05, 0) is 23.3 Å². The van der Waals surface area contributed by atoms with Crippen molar-refractivity contribution in [2.45, 2.75) is 24.9 Å². The van der Waals surface area contributed by atoms with Crippen molar-refractivity contribution in [2.24, 2.45) is 5.16 Å². The van der Waals surface area contributed by atoms with E-state index in [1.807, 2.05) is 30.3 Å². The summed E-state index contributed by atoms with van der Waals surface area (Å²) in [5.41, 5.74) is 3.02. The Labute approximate surface area is 164 Å². The van der Waals surface area contributed by atoms with Crippen molar-refractivity contribution in [3.8, 4) is 0 Å². The highest BCUT2D eigenvalue weighted by Crippen LogP contribution is 2.56. The second-order valence-corrected chi connectivity index (χ2v) is 6.95. The van der Waals surface area contributed by atoms with Crippen LogP contribution in [-0.2, 0) is 16.1 Å². The molecule has 1 spiro atoms. The van der Waals surface area contributed by atoms with E-state index in [-0.39, 0.29) is 12.3 Å². The van der Waals surface area contributed by atoms with E-state index in [1.54, 1.807) is 30.3 Å². The number of carbonyl (C=O) groups excluding carboxylic acids is 1. The molecule has 29 heavy (non-hydrogen) atoms. The van der Waals surface area contributed by atoms with Crippen LogP contribution in [0.2, 0.25) is 0 Å². The van der Waals surface area contributed by atoms with Gasteiger partial charge in [-0.15, -0.1) is 0 Å². The minimum Gasteiger partial charge on any atom is -0.350 e. The summed E-state index contributed by atoms with van der Waals surface area (Å²) < 4.78 is 30.7. The fraction of sp³-hybridized carbons (Fsp3) is 0.190. The number of nitrogens with zero attached hydrogens (tertiary/aromatic N) is 2. The number of para-hydroxylation sites is 1. The molecule has 1 N–H and O–H groups in total. The number of nitrogens with one attached hydrogen (secondary N) is 1. The number of halogens is 2. The van der Waals surface area contributed by atoms with Gasteiger partial charge in [0.15, 0.2) is 0 Å². The molecule has 2 aromatic carbocycles. The molecule has 0 bridgehead atoms. The summed E-state index contributed by atoms with van der Waals surface area (Å²) in [5.74, 6) is -2.20. The summed E-state index contributed by atoms with van der Waals surface area (Å²) in [7, 11) is 0. The van der Waals surface area contributed by atoms with Gasteiger partial charge in [0.25, 0.3) is 5.91 Å². The maximum Gasteiger partial charge on any atom is 0.427 e. The van der Waals surface area contributed by atoms with Gasteiger partial charge in [-0.25, -0.2) is 4.98 Å². The second kappa shape index (κ2) is 6.31. The van der Waals surface area contributed by atoms with Crippen LogP contribution in [0.3, 0.4) is 0 Å². The maximum atomic E-state index is 13.2. The molecule has 1 atom stereocenters. The average molecular weight is 395 g/mol. The molecule has 6 nitrogen and oxygen atoms in total. The van der Waals surface area contributed by atoms with Gasteiger partial charge in [0, 0.05) is 11.9 Å². The Morgan fingerprint density at radius 1 is 1.07 bits per heavy atom. The molecule has 8 heteroatoms. The summed E-state index contributed by atoms with van der Waals surface area (Å²) in [6, 6.07) is 18.2. The van der Waals surface area contributed by atoms with Crippen LogP contribution in [-0.4, -0.2) is 28.5 Å². The van der Waals surface area contributed by atoms with Gasteiger partial charge in [0.05, 0.1) is 17.6 Å². The molecule has 1 fully saturated rings. The smallest absolute Gasteiger partial charge is 0.350 e. The number of alkyl halides is 2. The molecule has 1 unspecified atom stereocenters. The van der Waals surface area contributed by atoms with Crippen LogP contribution < -0.4 is 5.32 Å². The molecule has 1 saturated heterocycles. The third-order valence-corrected chi connectivity index (χ3v) is 4.97. The van der Waals surface area contributed by atoms with Crippen molar-refractivity contribution in [1.29, 1.82) is 0 Å². The first kappa shape index (κ1) is 17.7. The summed E-state index contributed by atoms with van der Waals surface area (Å²) in [5, 5.41) is 7.51. The number of epoxide rings is 1. The number of ether oxygens (including phenoxy) is 1. The van der Waals surface area contributed by atoms with Gasteiger partial charge >= 0.3 is 11.9 Å². The van der Waals surface area contributed by atoms with Gasteiger partial charge in [0.2, 0.25) is 0 Å². The predicted molar refractivity (Wildman–Crippen MR) is 100 cm³/mol. The van der Waals surface area contributed by atoms with Crippen LogP contribution in [0, 0.1) is 0 Å². The van der Waals surface area contributed by atoms with E-state index in [9.17, 15) is 13.6 Å². The number of pyridine rings is 1. The van der Waals surface area contributed by atoms with Crippen molar-refractivity contribution >= 4 is 22.5 Å². The van der Waals surface area contributed by atoms with Crippen molar-refractivity contribution in [3.05, 3.63) is 77.5 Å². The van der Waals surface area contributed by atoms with Crippen LogP contribution in [0.4, 0.5) is 8.78 Å². The van der Waals surface area contributed by atoms with E-state index in [0.717, 1.165) is 16.5 Å². The number of fused-ring (bicyclic) bond motifs is 1. The lowest BCUT2D eigenvalue weighted by Gasteiger charge is -2.07. The number of hydrogen-bond donors (Lipinski definition) is 1. The number of hydrogen-bond acceptors (Lipinski definition) is 5.